The quantitative estimate of drug-likeness (QED) is 0.778. The minimum Gasteiger partial charge on any atom is -0.435 e. The van der Waals surface area contributed by atoms with Gasteiger partial charge in [-0.3, -0.25) is 0 Å². The van der Waals surface area contributed by atoms with Gasteiger partial charge >= 0.3 is 6.61 Å². The molecule has 5 heteroatoms. The summed E-state index contributed by atoms with van der Waals surface area (Å²) in [6.07, 6.45) is 0.163. The predicted molar refractivity (Wildman–Crippen MR) is 65.9 cm³/mol. The summed E-state index contributed by atoms with van der Waals surface area (Å²) >= 11 is 0. The van der Waals surface area contributed by atoms with E-state index in [1.54, 1.807) is 12.1 Å². The minimum atomic E-state index is -2.78. The van der Waals surface area contributed by atoms with Crippen molar-refractivity contribution in [2.45, 2.75) is 33.1 Å². The minimum absolute atomic E-state index is 0.163. The number of hydrogen-bond acceptors (Lipinski definition) is 3. The molecule has 0 amide bonds. The zero-order valence-electron chi connectivity index (χ0n) is 10.7. The first-order valence-corrected chi connectivity index (χ1v) is 5.98. The summed E-state index contributed by atoms with van der Waals surface area (Å²) in [5.74, 6) is 0.177. The molecule has 0 aromatic heterocycles. The van der Waals surface area contributed by atoms with Crippen LogP contribution in [0.25, 0.3) is 0 Å². The Kier molecular flexibility index (Phi) is 6.60. The van der Waals surface area contributed by atoms with Gasteiger partial charge in [0.2, 0.25) is 0 Å². The maximum atomic E-state index is 11.9. The van der Waals surface area contributed by atoms with Gasteiger partial charge in [0.25, 0.3) is 0 Å². The van der Waals surface area contributed by atoms with Crippen molar-refractivity contribution in [2.75, 3.05) is 13.2 Å². The second-order valence-corrected chi connectivity index (χ2v) is 3.92. The number of nitrogens with one attached hydrogen (secondary N) is 1. The van der Waals surface area contributed by atoms with Crippen molar-refractivity contribution in [1.82, 2.24) is 5.32 Å². The van der Waals surface area contributed by atoms with Crippen LogP contribution in [0.15, 0.2) is 24.3 Å². The molecule has 3 nitrogen and oxygen atoms in total. The standard InChI is InChI=1S/C13H19F2NO2/c1-3-17-10(2)8-16-9-11-4-6-12(7-5-11)18-13(14)15/h4-7,10,13,16H,3,8-9H2,1-2H3. The summed E-state index contributed by atoms with van der Waals surface area (Å²) in [6.45, 7) is 3.30. The van der Waals surface area contributed by atoms with Crippen molar-refractivity contribution in [2.24, 2.45) is 0 Å². The van der Waals surface area contributed by atoms with Gasteiger partial charge in [0.05, 0.1) is 6.10 Å². The van der Waals surface area contributed by atoms with E-state index in [0.717, 1.165) is 12.1 Å². The van der Waals surface area contributed by atoms with Crippen molar-refractivity contribution >= 4 is 0 Å². The molecule has 1 N–H and O–H groups in total. The number of hydrogen-bond donors (Lipinski definition) is 1. The van der Waals surface area contributed by atoms with E-state index >= 15 is 0 Å². The molecule has 1 aromatic carbocycles. The van der Waals surface area contributed by atoms with Gasteiger partial charge in [-0.25, -0.2) is 0 Å². The molecule has 0 saturated heterocycles. The molecular formula is C13H19F2NO2. The van der Waals surface area contributed by atoms with Crippen LogP contribution in [0.4, 0.5) is 8.78 Å². The fourth-order valence-electron chi connectivity index (χ4n) is 1.55. The largest absolute Gasteiger partial charge is 0.435 e. The Bertz CT molecular complexity index is 330. The van der Waals surface area contributed by atoms with Gasteiger partial charge in [-0.2, -0.15) is 8.78 Å². The lowest BCUT2D eigenvalue weighted by Gasteiger charge is -2.12. The zero-order chi connectivity index (χ0) is 13.4. The van der Waals surface area contributed by atoms with Crippen LogP contribution in [0.2, 0.25) is 0 Å². The topological polar surface area (TPSA) is 30.5 Å². The Morgan fingerprint density at radius 1 is 1.22 bits per heavy atom. The summed E-state index contributed by atoms with van der Waals surface area (Å²) in [4.78, 5) is 0. The van der Waals surface area contributed by atoms with Crippen molar-refractivity contribution in [3.8, 4) is 5.75 Å². The Balaban J connectivity index is 2.30. The lowest BCUT2D eigenvalue weighted by atomic mass is 10.2. The van der Waals surface area contributed by atoms with Crippen LogP contribution >= 0.6 is 0 Å². The van der Waals surface area contributed by atoms with Gasteiger partial charge in [0.15, 0.2) is 0 Å². The predicted octanol–water partition coefficient (Wildman–Crippen LogP) is 2.80. The Labute approximate surface area is 106 Å². The van der Waals surface area contributed by atoms with E-state index < -0.39 is 6.61 Å². The molecule has 0 spiro atoms. The van der Waals surface area contributed by atoms with E-state index in [-0.39, 0.29) is 11.9 Å². The van der Waals surface area contributed by atoms with Crippen LogP contribution in [0.3, 0.4) is 0 Å². The van der Waals surface area contributed by atoms with Crippen LogP contribution in [0, 0.1) is 0 Å². The fourth-order valence-corrected chi connectivity index (χ4v) is 1.55. The lowest BCUT2D eigenvalue weighted by molar-refractivity contribution is -0.0498. The molecule has 0 aliphatic rings. The molecule has 0 bridgehead atoms. The molecule has 1 rings (SSSR count). The molecular weight excluding hydrogens is 240 g/mol. The highest BCUT2D eigenvalue weighted by atomic mass is 19.3. The molecule has 18 heavy (non-hydrogen) atoms. The third kappa shape index (κ3) is 5.93. The molecule has 1 aromatic rings. The first kappa shape index (κ1) is 14.9. The third-order valence-electron chi connectivity index (χ3n) is 2.36. The van der Waals surface area contributed by atoms with Crippen molar-refractivity contribution in [3.05, 3.63) is 29.8 Å². The highest BCUT2D eigenvalue weighted by Gasteiger charge is 2.04. The Hall–Kier alpha value is -1.20. The lowest BCUT2D eigenvalue weighted by Crippen LogP contribution is -2.26. The molecule has 0 heterocycles. The summed E-state index contributed by atoms with van der Waals surface area (Å²) in [7, 11) is 0. The first-order chi connectivity index (χ1) is 8.61. The van der Waals surface area contributed by atoms with E-state index in [9.17, 15) is 8.78 Å². The molecule has 0 fully saturated rings. The molecule has 0 aliphatic carbocycles. The van der Waals surface area contributed by atoms with E-state index in [1.807, 2.05) is 13.8 Å². The molecule has 102 valence electrons. The second-order valence-electron chi connectivity index (χ2n) is 3.92. The average molecular weight is 259 g/mol. The number of ether oxygens (including phenoxy) is 2. The van der Waals surface area contributed by atoms with Crippen LogP contribution in [-0.4, -0.2) is 25.9 Å². The second kappa shape index (κ2) is 8.00. The van der Waals surface area contributed by atoms with Crippen molar-refractivity contribution < 1.29 is 18.3 Å². The summed E-state index contributed by atoms with van der Waals surface area (Å²) in [5.41, 5.74) is 1.01. The summed E-state index contributed by atoms with van der Waals surface area (Å²) in [5, 5.41) is 3.23. The van der Waals surface area contributed by atoms with Gasteiger partial charge in [0.1, 0.15) is 5.75 Å². The van der Waals surface area contributed by atoms with E-state index in [1.165, 1.54) is 12.1 Å². The van der Waals surface area contributed by atoms with Crippen molar-refractivity contribution in [3.63, 3.8) is 0 Å². The van der Waals surface area contributed by atoms with Gasteiger partial charge in [-0.1, -0.05) is 12.1 Å². The van der Waals surface area contributed by atoms with Crippen LogP contribution < -0.4 is 10.1 Å². The van der Waals surface area contributed by atoms with Gasteiger partial charge in [-0.15, -0.1) is 0 Å². The first-order valence-electron chi connectivity index (χ1n) is 5.98. The Morgan fingerprint density at radius 3 is 2.44 bits per heavy atom. The molecule has 0 saturated carbocycles. The normalized spacial score (nSPS) is 12.7. The highest BCUT2D eigenvalue weighted by molar-refractivity contribution is 5.27. The van der Waals surface area contributed by atoms with Crippen LogP contribution in [0.5, 0.6) is 5.75 Å². The summed E-state index contributed by atoms with van der Waals surface area (Å²) in [6, 6.07) is 6.59. The third-order valence-corrected chi connectivity index (χ3v) is 2.36. The van der Waals surface area contributed by atoms with Gasteiger partial charge in [0, 0.05) is 19.7 Å². The molecule has 1 atom stereocenters. The van der Waals surface area contributed by atoms with E-state index in [0.29, 0.717) is 13.2 Å². The molecule has 0 radical (unpaired) electrons. The maximum absolute atomic E-state index is 11.9. The van der Waals surface area contributed by atoms with Crippen molar-refractivity contribution in [1.29, 1.82) is 0 Å². The zero-order valence-corrected chi connectivity index (χ0v) is 10.7. The fraction of sp³-hybridized carbons (Fsp3) is 0.538. The van der Waals surface area contributed by atoms with Crippen LogP contribution in [0.1, 0.15) is 19.4 Å². The highest BCUT2D eigenvalue weighted by Crippen LogP contribution is 2.14. The van der Waals surface area contributed by atoms with Gasteiger partial charge < -0.3 is 14.8 Å². The number of halogens is 2. The smallest absolute Gasteiger partial charge is 0.387 e. The number of alkyl halides is 2. The summed E-state index contributed by atoms with van der Waals surface area (Å²) < 4.78 is 33.5. The maximum Gasteiger partial charge on any atom is 0.387 e. The molecule has 0 aliphatic heterocycles. The van der Waals surface area contributed by atoms with E-state index in [2.05, 4.69) is 10.1 Å². The van der Waals surface area contributed by atoms with E-state index in [4.69, 9.17) is 4.74 Å². The Morgan fingerprint density at radius 2 is 1.89 bits per heavy atom. The monoisotopic (exact) mass is 259 g/mol. The number of benzene rings is 1. The number of rotatable bonds is 8. The molecule has 1 unspecified atom stereocenters. The van der Waals surface area contributed by atoms with Gasteiger partial charge in [-0.05, 0) is 31.5 Å². The van der Waals surface area contributed by atoms with Crippen LogP contribution in [-0.2, 0) is 11.3 Å². The SMILES string of the molecule is CCOC(C)CNCc1ccc(OC(F)F)cc1. The average Bonchev–Trinajstić information content (AvgIpc) is 2.31.